The molecule has 0 aromatic carbocycles. The van der Waals surface area contributed by atoms with Crippen LogP contribution < -0.4 is 5.32 Å². The number of rotatable bonds is 5. The molecule has 0 aliphatic carbocycles. The van der Waals surface area contributed by atoms with Crippen molar-refractivity contribution >= 4 is 17.6 Å². The molecule has 0 rings (SSSR count). The Kier molecular flexibility index (Phi) is 6.29. The van der Waals surface area contributed by atoms with Crippen molar-refractivity contribution in [2.45, 2.75) is 6.92 Å². The van der Waals surface area contributed by atoms with Gasteiger partial charge in [0.1, 0.15) is 6.54 Å². The highest BCUT2D eigenvalue weighted by molar-refractivity contribution is 6.31. The molecule has 0 aromatic heterocycles. The monoisotopic (exact) mass is 231 g/mol. The summed E-state index contributed by atoms with van der Waals surface area (Å²) >= 11 is 5.83. The molecule has 0 spiro atoms. The molecule has 0 radical (unpaired) electrons. The maximum Gasteiger partial charge on any atom is 0.325 e. The summed E-state index contributed by atoms with van der Waals surface area (Å²) in [4.78, 5) is 10.8. The summed E-state index contributed by atoms with van der Waals surface area (Å²) < 4.78 is 4.44. The topological polar surface area (TPSA) is 58.6 Å². The van der Waals surface area contributed by atoms with Gasteiger partial charge in [0.05, 0.1) is 23.6 Å². The molecule has 4 nitrogen and oxygen atoms in total. The van der Waals surface area contributed by atoms with Crippen LogP contribution in [-0.2, 0) is 9.53 Å². The van der Waals surface area contributed by atoms with Crippen LogP contribution in [0.4, 0.5) is 0 Å². The Morgan fingerprint density at radius 2 is 2.27 bits per heavy atom. The molecular formula is C10H14ClNO3. The van der Waals surface area contributed by atoms with Crippen LogP contribution in [0, 0.1) is 0 Å². The van der Waals surface area contributed by atoms with Crippen molar-refractivity contribution in [3.05, 3.63) is 35.2 Å². The van der Waals surface area contributed by atoms with Crippen LogP contribution in [0.1, 0.15) is 6.92 Å². The molecule has 0 atom stereocenters. The fourth-order valence-corrected chi connectivity index (χ4v) is 1.06. The van der Waals surface area contributed by atoms with Crippen LogP contribution in [-0.4, -0.2) is 24.7 Å². The standard InChI is InChI=1S/C10H14ClNO3/c1-4-9(8(11)5-7(2)13)12-6-10(14)15-3/h4-5,12-13H,1,6H2,2-3H3/b7-5+,9-8-. The normalized spacial score (nSPS) is 12.9. The fourth-order valence-electron chi connectivity index (χ4n) is 0.755. The van der Waals surface area contributed by atoms with Gasteiger partial charge in [-0.1, -0.05) is 18.2 Å². The van der Waals surface area contributed by atoms with E-state index in [-0.39, 0.29) is 17.3 Å². The molecule has 0 bridgehead atoms. The van der Waals surface area contributed by atoms with Gasteiger partial charge in [-0.05, 0) is 19.1 Å². The van der Waals surface area contributed by atoms with E-state index < -0.39 is 5.97 Å². The lowest BCUT2D eigenvalue weighted by atomic mass is 10.3. The Morgan fingerprint density at radius 1 is 1.67 bits per heavy atom. The maximum atomic E-state index is 10.8. The smallest absolute Gasteiger partial charge is 0.325 e. The number of carbonyl (C=O) groups is 1. The van der Waals surface area contributed by atoms with Gasteiger partial charge in [0.25, 0.3) is 0 Å². The molecular weight excluding hydrogens is 218 g/mol. The second-order valence-electron chi connectivity index (χ2n) is 2.68. The van der Waals surface area contributed by atoms with E-state index in [0.29, 0.717) is 5.70 Å². The van der Waals surface area contributed by atoms with Crippen LogP contribution in [0.25, 0.3) is 0 Å². The number of allylic oxidation sites excluding steroid dienone is 4. The van der Waals surface area contributed by atoms with Crippen LogP contribution in [0.15, 0.2) is 35.2 Å². The van der Waals surface area contributed by atoms with Gasteiger partial charge in [0.2, 0.25) is 0 Å². The van der Waals surface area contributed by atoms with Gasteiger partial charge in [0.15, 0.2) is 0 Å². The number of nitrogens with one attached hydrogen (secondary N) is 1. The summed E-state index contributed by atoms with van der Waals surface area (Å²) in [6, 6.07) is 0. The van der Waals surface area contributed by atoms with Gasteiger partial charge in [-0.3, -0.25) is 4.79 Å². The van der Waals surface area contributed by atoms with Gasteiger partial charge in [0, 0.05) is 0 Å². The lowest BCUT2D eigenvalue weighted by Gasteiger charge is -2.06. The highest BCUT2D eigenvalue weighted by atomic mass is 35.5. The number of aliphatic hydroxyl groups is 1. The molecule has 0 aliphatic rings. The molecule has 0 aromatic rings. The minimum absolute atomic E-state index is 0.00755. The van der Waals surface area contributed by atoms with Crippen LogP contribution in [0.5, 0.6) is 0 Å². The molecule has 0 amide bonds. The average Bonchev–Trinajstić information content (AvgIpc) is 2.17. The minimum atomic E-state index is -0.413. The van der Waals surface area contributed by atoms with E-state index in [1.807, 2.05) is 0 Å². The van der Waals surface area contributed by atoms with Crippen molar-refractivity contribution in [1.29, 1.82) is 0 Å². The summed E-state index contributed by atoms with van der Waals surface area (Å²) in [5.41, 5.74) is 0.454. The Labute approximate surface area is 93.9 Å². The third-order valence-corrected chi connectivity index (χ3v) is 1.76. The summed E-state index contributed by atoms with van der Waals surface area (Å²) in [7, 11) is 1.29. The summed E-state index contributed by atoms with van der Waals surface area (Å²) in [6.07, 6.45) is 2.80. The van der Waals surface area contributed by atoms with Crippen molar-refractivity contribution in [3.63, 3.8) is 0 Å². The van der Waals surface area contributed by atoms with Gasteiger partial charge < -0.3 is 15.2 Å². The molecule has 0 heterocycles. The Morgan fingerprint density at radius 3 is 2.67 bits per heavy atom. The first kappa shape index (κ1) is 13.6. The SMILES string of the molecule is C=C/C(NCC(=O)OC)=C(Cl)\C=C(/C)O. The van der Waals surface area contributed by atoms with Gasteiger partial charge in [-0.25, -0.2) is 0 Å². The Hall–Kier alpha value is -1.42. The zero-order valence-corrected chi connectivity index (χ0v) is 9.47. The Bertz CT molecular complexity index is 304. The molecule has 0 fully saturated rings. The van der Waals surface area contributed by atoms with Gasteiger partial charge in [-0.2, -0.15) is 0 Å². The lowest BCUT2D eigenvalue weighted by molar-refractivity contribution is -0.139. The third kappa shape index (κ3) is 5.80. The number of aliphatic hydroxyl groups excluding tert-OH is 1. The summed E-state index contributed by atoms with van der Waals surface area (Å²) in [5, 5.41) is 12.0. The van der Waals surface area contributed by atoms with E-state index in [2.05, 4.69) is 16.6 Å². The Balaban J connectivity index is 4.54. The first-order valence-electron chi connectivity index (χ1n) is 4.21. The summed E-state index contributed by atoms with van der Waals surface area (Å²) in [6.45, 7) is 5.01. The van der Waals surface area contributed by atoms with Crippen molar-refractivity contribution in [1.82, 2.24) is 5.32 Å². The number of hydrogen-bond donors (Lipinski definition) is 2. The number of methoxy groups -OCH3 is 1. The first-order valence-corrected chi connectivity index (χ1v) is 4.59. The van der Waals surface area contributed by atoms with E-state index in [1.54, 1.807) is 0 Å². The fraction of sp³-hybridized carbons (Fsp3) is 0.300. The van der Waals surface area contributed by atoms with Crippen LogP contribution >= 0.6 is 11.6 Å². The third-order valence-electron chi connectivity index (χ3n) is 1.45. The van der Waals surface area contributed by atoms with Crippen molar-refractivity contribution in [3.8, 4) is 0 Å². The van der Waals surface area contributed by atoms with Crippen molar-refractivity contribution in [2.24, 2.45) is 0 Å². The molecule has 0 saturated heterocycles. The second kappa shape index (κ2) is 6.95. The van der Waals surface area contributed by atoms with Gasteiger partial charge >= 0.3 is 5.97 Å². The zero-order valence-electron chi connectivity index (χ0n) is 8.71. The lowest BCUT2D eigenvalue weighted by Crippen LogP contribution is -2.23. The molecule has 84 valence electrons. The number of esters is 1. The number of carbonyl (C=O) groups excluding carboxylic acids is 1. The van der Waals surface area contributed by atoms with Crippen molar-refractivity contribution in [2.75, 3.05) is 13.7 Å². The van der Waals surface area contributed by atoms with Crippen LogP contribution in [0.2, 0.25) is 0 Å². The van der Waals surface area contributed by atoms with E-state index >= 15 is 0 Å². The number of ether oxygens (including phenoxy) is 1. The molecule has 15 heavy (non-hydrogen) atoms. The highest BCUT2D eigenvalue weighted by Gasteiger charge is 2.03. The van der Waals surface area contributed by atoms with E-state index in [0.717, 1.165) is 0 Å². The summed E-state index contributed by atoms with van der Waals surface area (Å²) in [5.74, 6) is -0.345. The maximum absolute atomic E-state index is 10.8. The van der Waals surface area contributed by atoms with E-state index in [1.165, 1.54) is 26.2 Å². The zero-order chi connectivity index (χ0) is 11.8. The highest BCUT2D eigenvalue weighted by Crippen LogP contribution is 2.11. The average molecular weight is 232 g/mol. The van der Waals surface area contributed by atoms with Crippen molar-refractivity contribution < 1.29 is 14.6 Å². The van der Waals surface area contributed by atoms with E-state index in [9.17, 15) is 4.79 Å². The molecule has 2 N–H and O–H groups in total. The predicted octanol–water partition coefficient (Wildman–Crippen LogP) is 1.85. The number of hydrogen-bond acceptors (Lipinski definition) is 4. The molecule has 0 saturated carbocycles. The largest absolute Gasteiger partial charge is 0.513 e. The van der Waals surface area contributed by atoms with Crippen LogP contribution in [0.3, 0.4) is 0 Å². The quantitative estimate of drug-likeness (QED) is 0.431. The number of halogens is 1. The molecule has 0 aliphatic heterocycles. The van der Waals surface area contributed by atoms with E-state index in [4.69, 9.17) is 16.7 Å². The second-order valence-corrected chi connectivity index (χ2v) is 3.09. The first-order chi connectivity index (χ1) is 7.01. The predicted molar refractivity (Wildman–Crippen MR) is 59.5 cm³/mol. The van der Waals surface area contributed by atoms with Gasteiger partial charge in [-0.15, -0.1) is 0 Å². The molecule has 0 unspecified atom stereocenters. The minimum Gasteiger partial charge on any atom is -0.513 e. The molecule has 5 heteroatoms.